The van der Waals surface area contributed by atoms with Crippen LogP contribution >= 0.6 is 11.8 Å². The van der Waals surface area contributed by atoms with E-state index in [0.717, 1.165) is 11.3 Å². The van der Waals surface area contributed by atoms with Crippen molar-refractivity contribution in [3.05, 3.63) is 29.8 Å². The first kappa shape index (κ1) is 15.9. The van der Waals surface area contributed by atoms with Crippen molar-refractivity contribution in [2.24, 2.45) is 5.73 Å². The van der Waals surface area contributed by atoms with Crippen LogP contribution < -0.4 is 5.73 Å². The van der Waals surface area contributed by atoms with Gasteiger partial charge in [0.25, 0.3) is 0 Å². The van der Waals surface area contributed by atoms with E-state index in [9.17, 15) is 9.90 Å². The summed E-state index contributed by atoms with van der Waals surface area (Å²) in [5.41, 5.74) is 6.91. The van der Waals surface area contributed by atoms with Gasteiger partial charge in [0.05, 0.1) is 6.04 Å². The fraction of sp³-hybridized carbons (Fsp3) is 0.500. The molecule has 0 aliphatic carbocycles. The molecule has 1 aromatic rings. The van der Waals surface area contributed by atoms with Gasteiger partial charge in [-0.2, -0.15) is 11.8 Å². The van der Waals surface area contributed by atoms with Gasteiger partial charge in [-0.25, -0.2) is 0 Å². The Morgan fingerprint density at radius 1 is 1.42 bits per heavy atom. The molecule has 19 heavy (non-hydrogen) atoms. The number of amides is 1. The van der Waals surface area contributed by atoms with E-state index in [0.29, 0.717) is 6.42 Å². The molecule has 0 radical (unpaired) electrons. The van der Waals surface area contributed by atoms with Crippen LogP contribution in [0.5, 0.6) is 5.75 Å². The average molecular weight is 282 g/mol. The minimum Gasteiger partial charge on any atom is -0.508 e. The molecule has 0 aliphatic heterocycles. The third kappa shape index (κ3) is 4.76. The first-order valence-corrected chi connectivity index (χ1v) is 7.64. The zero-order chi connectivity index (χ0) is 14.4. The second-order valence-electron chi connectivity index (χ2n) is 4.73. The number of aromatic hydroxyl groups is 1. The molecule has 0 aromatic heterocycles. The van der Waals surface area contributed by atoms with Crippen molar-refractivity contribution in [3.63, 3.8) is 0 Å². The normalized spacial score (nSPS) is 13.9. The monoisotopic (exact) mass is 282 g/mol. The average Bonchev–Trinajstić information content (AvgIpc) is 2.39. The number of hydrogen-bond acceptors (Lipinski definition) is 4. The molecular weight excluding hydrogens is 260 g/mol. The van der Waals surface area contributed by atoms with E-state index in [1.807, 2.05) is 13.2 Å². The highest BCUT2D eigenvalue weighted by molar-refractivity contribution is 7.98. The lowest BCUT2D eigenvalue weighted by molar-refractivity contribution is -0.132. The second-order valence-corrected chi connectivity index (χ2v) is 5.64. The molecule has 0 saturated heterocycles. The second kappa shape index (κ2) is 7.40. The van der Waals surface area contributed by atoms with Gasteiger partial charge in [0.15, 0.2) is 0 Å². The fourth-order valence-corrected chi connectivity index (χ4v) is 2.51. The van der Waals surface area contributed by atoms with Crippen molar-refractivity contribution < 1.29 is 9.90 Å². The van der Waals surface area contributed by atoms with Crippen LogP contribution in [0.4, 0.5) is 0 Å². The van der Waals surface area contributed by atoms with Gasteiger partial charge < -0.3 is 15.7 Å². The molecule has 0 fully saturated rings. The minimum absolute atomic E-state index is 0.0466. The summed E-state index contributed by atoms with van der Waals surface area (Å²) in [6, 6.07) is 6.41. The number of nitrogens with zero attached hydrogens (tertiary/aromatic N) is 1. The van der Waals surface area contributed by atoms with Crippen molar-refractivity contribution in [2.75, 3.05) is 19.1 Å². The maximum Gasteiger partial charge on any atom is 0.239 e. The first-order valence-electron chi connectivity index (χ1n) is 6.24. The number of thioether (sulfide) groups is 1. The molecule has 5 heteroatoms. The van der Waals surface area contributed by atoms with Crippen molar-refractivity contribution in [2.45, 2.75) is 25.4 Å². The molecule has 4 nitrogen and oxygen atoms in total. The highest BCUT2D eigenvalue weighted by Gasteiger charge is 2.21. The topological polar surface area (TPSA) is 66.6 Å². The molecule has 106 valence electrons. The van der Waals surface area contributed by atoms with Gasteiger partial charge in [-0.05, 0) is 37.3 Å². The molecule has 1 rings (SSSR count). The Labute approximate surface area is 119 Å². The minimum atomic E-state index is -0.543. The van der Waals surface area contributed by atoms with Crippen LogP contribution in [0.2, 0.25) is 0 Å². The Hall–Kier alpha value is -1.20. The zero-order valence-corrected chi connectivity index (χ0v) is 12.5. The summed E-state index contributed by atoms with van der Waals surface area (Å²) >= 11 is 1.71. The number of rotatable bonds is 6. The molecular formula is C14H22N2O2S. The van der Waals surface area contributed by atoms with Crippen molar-refractivity contribution >= 4 is 17.7 Å². The Balaban J connectivity index is 2.59. The van der Waals surface area contributed by atoms with E-state index in [1.54, 1.807) is 48.0 Å². The molecule has 0 aliphatic rings. The number of carbonyl (C=O) groups is 1. The molecule has 1 aromatic carbocycles. The smallest absolute Gasteiger partial charge is 0.239 e. The summed E-state index contributed by atoms with van der Waals surface area (Å²) in [7, 11) is 1.79. The summed E-state index contributed by atoms with van der Waals surface area (Å²) < 4.78 is 0. The third-order valence-electron chi connectivity index (χ3n) is 3.13. The number of phenolic OH excluding ortho intramolecular Hbond substituents is 1. The van der Waals surface area contributed by atoms with Gasteiger partial charge >= 0.3 is 0 Å². The van der Waals surface area contributed by atoms with Gasteiger partial charge in [0.1, 0.15) is 5.75 Å². The molecule has 0 heterocycles. The van der Waals surface area contributed by atoms with Crippen molar-refractivity contribution in [3.8, 4) is 5.75 Å². The van der Waals surface area contributed by atoms with Crippen LogP contribution in [-0.2, 0) is 11.2 Å². The van der Waals surface area contributed by atoms with Gasteiger partial charge in [0, 0.05) is 18.8 Å². The molecule has 0 spiro atoms. The molecule has 1 amide bonds. The number of hydrogen-bond donors (Lipinski definition) is 2. The molecule has 1 unspecified atom stereocenters. The molecule has 2 atom stereocenters. The summed E-state index contributed by atoms with van der Waals surface area (Å²) in [5, 5.41) is 9.21. The quantitative estimate of drug-likeness (QED) is 0.829. The van der Waals surface area contributed by atoms with Gasteiger partial charge in [-0.3, -0.25) is 4.79 Å². The third-order valence-corrected chi connectivity index (χ3v) is 3.94. The van der Waals surface area contributed by atoms with E-state index >= 15 is 0 Å². The van der Waals surface area contributed by atoms with Crippen LogP contribution in [0.15, 0.2) is 24.3 Å². The van der Waals surface area contributed by atoms with E-state index in [1.165, 1.54) is 0 Å². The lowest BCUT2D eigenvalue weighted by Crippen LogP contribution is -2.47. The van der Waals surface area contributed by atoms with Crippen molar-refractivity contribution in [1.29, 1.82) is 0 Å². The van der Waals surface area contributed by atoms with Gasteiger partial charge in [0.2, 0.25) is 5.91 Å². The van der Waals surface area contributed by atoms with Gasteiger partial charge in [-0.15, -0.1) is 0 Å². The lowest BCUT2D eigenvalue weighted by Gasteiger charge is -2.27. The standard InChI is InChI=1S/C14H22N2O2S/c1-10(9-19-3)16(2)14(18)13(15)8-11-4-6-12(17)7-5-11/h4-7,10,13,17H,8-9,15H2,1-3H3/t10?,13-/m0/s1. The lowest BCUT2D eigenvalue weighted by atomic mass is 10.1. The zero-order valence-electron chi connectivity index (χ0n) is 11.7. The predicted octanol–water partition coefficient (Wildman–Crippen LogP) is 1.47. The summed E-state index contributed by atoms with van der Waals surface area (Å²) in [6.45, 7) is 2.02. The van der Waals surface area contributed by atoms with E-state index < -0.39 is 6.04 Å². The largest absolute Gasteiger partial charge is 0.508 e. The number of likely N-dealkylation sites (N-methyl/N-ethyl adjacent to an activating group) is 1. The Bertz CT molecular complexity index is 408. The first-order chi connectivity index (χ1) is 8.95. The van der Waals surface area contributed by atoms with Crippen LogP contribution in [0.1, 0.15) is 12.5 Å². The Morgan fingerprint density at radius 2 is 2.00 bits per heavy atom. The highest BCUT2D eigenvalue weighted by Crippen LogP contribution is 2.12. The maximum atomic E-state index is 12.2. The summed E-state index contributed by atoms with van der Waals surface area (Å²) in [4.78, 5) is 13.9. The SMILES string of the molecule is CSCC(C)N(C)C(=O)[C@@H](N)Cc1ccc(O)cc1. The van der Waals surface area contributed by atoms with Crippen LogP contribution in [-0.4, -0.2) is 47.1 Å². The Kier molecular flexibility index (Phi) is 6.18. The number of carbonyl (C=O) groups excluding carboxylic acids is 1. The van der Waals surface area contributed by atoms with Crippen LogP contribution in [0.3, 0.4) is 0 Å². The predicted molar refractivity (Wildman–Crippen MR) is 80.4 cm³/mol. The highest BCUT2D eigenvalue weighted by atomic mass is 32.2. The number of nitrogens with two attached hydrogens (primary N) is 1. The van der Waals surface area contributed by atoms with E-state index in [2.05, 4.69) is 0 Å². The van der Waals surface area contributed by atoms with E-state index in [4.69, 9.17) is 5.73 Å². The van der Waals surface area contributed by atoms with Crippen LogP contribution in [0.25, 0.3) is 0 Å². The van der Waals surface area contributed by atoms with Crippen LogP contribution in [0, 0.1) is 0 Å². The van der Waals surface area contributed by atoms with E-state index in [-0.39, 0.29) is 17.7 Å². The molecule has 0 bridgehead atoms. The number of phenols is 1. The maximum absolute atomic E-state index is 12.2. The summed E-state index contributed by atoms with van der Waals surface area (Å²) in [5.74, 6) is 1.07. The molecule has 0 saturated carbocycles. The van der Waals surface area contributed by atoms with Crippen molar-refractivity contribution in [1.82, 2.24) is 4.90 Å². The summed E-state index contributed by atoms with van der Waals surface area (Å²) in [6.07, 6.45) is 2.50. The Morgan fingerprint density at radius 3 is 2.53 bits per heavy atom. The van der Waals surface area contributed by atoms with Gasteiger partial charge in [-0.1, -0.05) is 12.1 Å². The molecule has 3 N–H and O–H groups in total. The fourth-order valence-electron chi connectivity index (χ4n) is 1.81. The number of benzene rings is 1.